The van der Waals surface area contributed by atoms with Crippen molar-refractivity contribution in [3.63, 3.8) is 0 Å². The maximum absolute atomic E-state index is 5.91. The molecule has 0 aliphatic carbocycles. The largest absolute Gasteiger partial charge is 0.374 e. The minimum Gasteiger partial charge on any atom is -0.374 e. The van der Waals surface area contributed by atoms with Gasteiger partial charge >= 0.3 is 0 Å². The summed E-state index contributed by atoms with van der Waals surface area (Å²) in [5, 5.41) is 0. The van der Waals surface area contributed by atoms with Crippen LogP contribution in [0.2, 0.25) is 0 Å². The molecule has 0 aromatic heterocycles. The maximum atomic E-state index is 5.91. The molecule has 2 atom stereocenters. The highest BCUT2D eigenvalue weighted by atomic mass is 16.5. The molecule has 0 radical (unpaired) electrons. The molecule has 3 nitrogen and oxygen atoms in total. The lowest BCUT2D eigenvalue weighted by molar-refractivity contribution is -0.0391. The van der Waals surface area contributed by atoms with Gasteiger partial charge in [-0.1, -0.05) is 13.8 Å². The van der Waals surface area contributed by atoms with Crippen molar-refractivity contribution >= 4 is 0 Å². The molecule has 1 aliphatic rings. The van der Waals surface area contributed by atoms with Gasteiger partial charge in [0.1, 0.15) is 0 Å². The molecule has 12 heavy (non-hydrogen) atoms. The van der Waals surface area contributed by atoms with Gasteiger partial charge in [0, 0.05) is 19.1 Å². The Hall–Kier alpha value is -0.120. The van der Waals surface area contributed by atoms with E-state index < -0.39 is 0 Å². The summed E-state index contributed by atoms with van der Waals surface area (Å²) in [4.78, 5) is 2.39. The number of ether oxygens (including phenoxy) is 1. The molecule has 3 heteroatoms. The van der Waals surface area contributed by atoms with Gasteiger partial charge in [-0.15, -0.1) is 0 Å². The van der Waals surface area contributed by atoms with E-state index >= 15 is 0 Å². The molecule has 1 rings (SSSR count). The van der Waals surface area contributed by atoms with Crippen molar-refractivity contribution in [2.24, 2.45) is 5.73 Å². The Kier molecular flexibility index (Phi) is 3.98. The third-order valence-electron chi connectivity index (χ3n) is 2.57. The number of nitrogens with zero attached hydrogens (tertiary/aromatic N) is 1. The summed E-state index contributed by atoms with van der Waals surface area (Å²) in [6, 6.07) is 0.208. The molecule has 0 spiro atoms. The first-order valence-electron chi connectivity index (χ1n) is 4.87. The second-order valence-corrected chi connectivity index (χ2v) is 3.37. The van der Waals surface area contributed by atoms with E-state index in [1.54, 1.807) is 0 Å². The highest BCUT2D eigenvalue weighted by Crippen LogP contribution is 2.08. The van der Waals surface area contributed by atoms with E-state index in [1.807, 2.05) is 0 Å². The molecule has 1 aliphatic heterocycles. The van der Waals surface area contributed by atoms with Crippen molar-refractivity contribution < 1.29 is 4.74 Å². The van der Waals surface area contributed by atoms with E-state index in [9.17, 15) is 0 Å². The monoisotopic (exact) mass is 172 g/mol. The average molecular weight is 172 g/mol. The van der Waals surface area contributed by atoms with E-state index in [4.69, 9.17) is 10.5 Å². The van der Waals surface area contributed by atoms with Crippen LogP contribution in [0.5, 0.6) is 0 Å². The second kappa shape index (κ2) is 4.80. The minimum atomic E-state index is 0.208. The van der Waals surface area contributed by atoms with Crippen molar-refractivity contribution in [3.05, 3.63) is 0 Å². The number of hydrogen-bond acceptors (Lipinski definition) is 3. The van der Waals surface area contributed by atoms with Crippen molar-refractivity contribution in [2.75, 3.05) is 26.2 Å². The van der Waals surface area contributed by atoms with E-state index in [0.29, 0.717) is 0 Å². The van der Waals surface area contributed by atoms with Crippen LogP contribution in [0.15, 0.2) is 0 Å². The molecule has 0 bridgehead atoms. The van der Waals surface area contributed by atoms with Gasteiger partial charge in [0.05, 0.1) is 12.7 Å². The number of hydrogen-bond donors (Lipinski definition) is 1. The van der Waals surface area contributed by atoms with Gasteiger partial charge in [-0.05, 0) is 13.0 Å². The molecule has 0 saturated carbocycles. The fourth-order valence-electron chi connectivity index (χ4n) is 1.54. The Morgan fingerprint density at radius 3 is 2.92 bits per heavy atom. The quantitative estimate of drug-likeness (QED) is 0.671. The molecule has 72 valence electrons. The van der Waals surface area contributed by atoms with Gasteiger partial charge in [-0.3, -0.25) is 4.90 Å². The van der Waals surface area contributed by atoms with E-state index in [0.717, 1.165) is 32.7 Å². The van der Waals surface area contributed by atoms with Crippen LogP contribution in [-0.2, 0) is 4.74 Å². The molecule has 1 heterocycles. The topological polar surface area (TPSA) is 38.5 Å². The fraction of sp³-hybridized carbons (Fsp3) is 1.00. The standard InChI is InChI=1S/C9H20N2O/c1-3-8(10)9-7-11(4-2)5-6-12-9/h8-9H,3-7,10H2,1-2H3/t8-,9?/m0/s1. The van der Waals surface area contributed by atoms with Crippen molar-refractivity contribution in [2.45, 2.75) is 32.4 Å². The number of nitrogens with two attached hydrogens (primary N) is 1. The van der Waals surface area contributed by atoms with Crippen LogP contribution in [0.3, 0.4) is 0 Å². The Bertz CT molecular complexity index is 128. The van der Waals surface area contributed by atoms with Crippen LogP contribution in [0.4, 0.5) is 0 Å². The normalized spacial score (nSPS) is 28.8. The van der Waals surface area contributed by atoms with Gasteiger partial charge < -0.3 is 10.5 Å². The van der Waals surface area contributed by atoms with Crippen molar-refractivity contribution in [1.29, 1.82) is 0 Å². The number of morpholine rings is 1. The van der Waals surface area contributed by atoms with E-state index in [2.05, 4.69) is 18.7 Å². The zero-order valence-corrected chi connectivity index (χ0v) is 8.12. The summed E-state index contributed by atoms with van der Waals surface area (Å²) in [6.07, 6.45) is 1.26. The summed E-state index contributed by atoms with van der Waals surface area (Å²) >= 11 is 0. The molecule has 2 N–H and O–H groups in total. The SMILES string of the molecule is CC[C@H](N)C1CN(CC)CCO1. The molecular formula is C9H20N2O. The summed E-state index contributed by atoms with van der Waals surface area (Å²) in [5.74, 6) is 0. The summed E-state index contributed by atoms with van der Waals surface area (Å²) < 4.78 is 5.60. The highest BCUT2D eigenvalue weighted by molar-refractivity contribution is 4.78. The van der Waals surface area contributed by atoms with Gasteiger partial charge in [0.25, 0.3) is 0 Å². The van der Waals surface area contributed by atoms with Gasteiger partial charge in [-0.2, -0.15) is 0 Å². The first kappa shape index (κ1) is 9.96. The second-order valence-electron chi connectivity index (χ2n) is 3.37. The van der Waals surface area contributed by atoms with Gasteiger partial charge in [0.2, 0.25) is 0 Å². The average Bonchev–Trinajstić information content (AvgIpc) is 2.17. The molecule has 0 aromatic carbocycles. The van der Waals surface area contributed by atoms with Crippen LogP contribution in [-0.4, -0.2) is 43.3 Å². The zero-order valence-electron chi connectivity index (χ0n) is 8.12. The van der Waals surface area contributed by atoms with Gasteiger partial charge in [0.15, 0.2) is 0 Å². The molecule has 0 aromatic rings. The number of rotatable bonds is 3. The maximum Gasteiger partial charge on any atom is 0.0853 e. The Morgan fingerprint density at radius 2 is 2.33 bits per heavy atom. The lowest BCUT2D eigenvalue weighted by atomic mass is 10.1. The first-order valence-corrected chi connectivity index (χ1v) is 4.87. The molecule has 1 saturated heterocycles. The zero-order chi connectivity index (χ0) is 8.97. The predicted molar refractivity (Wildman–Crippen MR) is 50.1 cm³/mol. The van der Waals surface area contributed by atoms with Crippen molar-refractivity contribution in [1.82, 2.24) is 4.90 Å². The molecule has 1 fully saturated rings. The number of likely N-dealkylation sites (N-methyl/N-ethyl adjacent to an activating group) is 1. The van der Waals surface area contributed by atoms with Crippen LogP contribution in [0.1, 0.15) is 20.3 Å². The van der Waals surface area contributed by atoms with Gasteiger partial charge in [-0.25, -0.2) is 0 Å². The van der Waals surface area contributed by atoms with Crippen LogP contribution < -0.4 is 5.73 Å². The molecule has 1 unspecified atom stereocenters. The summed E-state index contributed by atoms with van der Waals surface area (Å²) in [7, 11) is 0. The predicted octanol–water partition coefficient (Wildman–Crippen LogP) is 0.444. The van der Waals surface area contributed by atoms with Crippen LogP contribution in [0.25, 0.3) is 0 Å². The fourth-order valence-corrected chi connectivity index (χ4v) is 1.54. The Morgan fingerprint density at radius 1 is 1.58 bits per heavy atom. The minimum absolute atomic E-state index is 0.208. The third kappa shape index (κ3) is 2.44. The molecule has 0 amide bonds. The summed E-state index contributed by atoms with van der Waals surface area (Å²) in [6.45, 7) is 8.30. The lowest BCUT2D eigenvalue weighted by Crippen LogP contribution is -2.50. The smallest absolute Gasteiger partial charge is 0.0853 e. The van der Waals surface area contributed by atoms with Crippen molar-refractivity contribution in [3.8, 4) is 0 Å². The van der Waals surface area contributed by atoms with E-state index in [1.165, 1.54) is 0 Å². The summed E-state index contributed by atoms with van der Waals surface area (Å²) in [5.41, 5.74) is 5.91. The Balaban J connectivity index is 2.34. The first-order chi connectivity index (χ1) is 5.77. The van der Waals surface area contributed by atoms with Crippen LogP contribution in [0, 0.1) is 0 Å². The highest BCUT2D eigenvalue weighted by Gasteiger charge is 2.23. The van der Waals surface area contributed by atoms with Crippen LogP contribution >= 0.6 is 0 Å². The van der Waals surface area contributed by atoms with E-state index in [-0.39, 0.29) is 12.1 Å². The Labute approximate surface area is 74.9 Å². The molecular weight excluding hydrogens is 152 g/mol. The third-order valence-corrected chi connectivity index (χ3v) is 2.57. The lowest BCUT2D eigenvalue weighted by Gasteiger charge is -2.34.